The number of aromatic nitrogens is 1. The summed E-state index contributed by atoms with van der Waals surface area (Å²) in [6.07, 6.45) is -0.767. The van der Waals surface area contributed by atoms with E-state index in [1.807, 2.05) is 23.6 Å². The van der Waals surface area contributed by atoms with Crippen molar-refractivity contribution in [3.05, 3.63) is 44.7 Å². The summed E-state index contributed by atoms with van der Waals surface area (Å²) in [7, 11) is 0. The fourth-order valence-corrected chi connectivity index (χ4v) is 2.35. The average molecular weight is 462 g/mol. The Labute approximate surface area is 238 Å². The van der Waals surface area contributed by atoms with Gasteiger partial charge in [0.25, 0.3) is 0 Å². The first kappa shape index (κ1) is 28.1. The number of esters is 1. The van der Waals surface area contributed by atoms with Crippen molar-refractivity contribution >= 4 is 39.0 Å². The topological polar surface area (TPSA) is 111 Å². The van der Waals surface area contributed by atoms with Gasteiger partial charge in [-0.1, -0.05) is 15.9 Å². The molecule has 1 aromatic heterocycles. The molecule has 0 atom stereocenters. The van der Waals surface area contributed by atoms with Gasteiger partial charge in [0.2, 0.25) is 5.43 Å². The van der Waals surface area contributed by atoms with Crippen molar-refractivity contribution < 1.29 is 127 Å². The number of rotatable bonds is 3. The minimum absolute atomic E-state index is 0. The molecule has 7 nitrogen and oxygen atoms in total. The second-order valence-electron chi connectivity index (χ2n) is 4.29. The number of carbonyl (C=O) groups is 2. The first-order chi connectivity index (χ1) is 10.8. The Morgan fingerprint density at radius 1 is 1.20 bits per heavy atom. The number of hydrogen-bond donors (Lipinski definition) is 0. The molecule has 10 heteroatoms. The monoisotopic (exact) mass is 461 g/mol. The summed E-state index contributed by atoms with van der Waals surface area (Å²) in [4.78, 5) is 32.5. The molecule has 25 heavy (non-hydrogen) atoms. The molecule has 0 unspecified atom stereocenters. The van der Waals surface area contributed by atoms with Crippen LogP contribution in [0, 0.1) is 0 Å². The molecule has 0 radical (unpaired) electrons. The third-order valence-electron chi connectivity index (χ3n) is 2.88. The molecule has 0 amide bonds. The van der Waals surface area contributed by atoms with E-state index in [0.717, 1.165) is 9.99 Å². The molecule has 1 heterocycles. The van der Waals surface area contributed by atoms with Crippen LogP contribution in [-0.2, 0) is 11.3 Å². The van der Waals surface area contributed by atoms with Gasteiger partial charge in [0.05, 0.1) is 12.1 Å². The average Bonchev–Trinajstić information content (AvgIpc) is 2.47. The van der Waals surface area contributed by atoms with Crippen LogP contribution in [0.4, 0.5) is 4.79 Å². The fraction of sp³-hybridized carbons (Fsp3) is 0.267. The molecule has 1 aromatic carbocycles. The summed E-state index contributed by atoms with van der Waals surface area (Å²) in [5.41, 5.74) is 0.595. The number of carbonyl (C=O) groups excluding carboxylic acids is 2. The van der Waals surface area contributed by atoms with Gasteiger partial charge in [-0.25, -0.2) is 4.79 Å². The molecular weight excluding hydrogens is 448 g/mol. The van der Waals surface area contributed by atoms with Gasteiger partial charge in [-0.15, -0.1) is 0 Å². The summed E-state index contributed by atoms with van der Waals surface area (Å²) >= 11 is 3.34. The van der Waals surface area contributed by atoms with E-state index in [9.17, 15) is 9.59 Å². The summed E-state index contributed by atoms with van der Waals surface area (Å²) in [5, 5.41) is 17.2. The smallest absolute Gasteiger partial charge is 0.652 e. The summed E-state index contributed by atoms with van der Waals surface area (Å²) in [6.45, 7) is 4.60. The molecule has 2 rings (SSSR count). The second-order valence-corrected chi connectivity index (χ2v) is 5.21. The number of ether oxygens (including phenoxy) is 1. The van der Waals surface area contributed by atoms with Crippen molar-refractivity contribution in [1.82, 2.24) is 4.57 Å². The third-order valence-corrected chi connectivity index (χ3v) is 3.37. The van der Waals surface area contributed by atoms with Crippen molar-refractivity contribution in [2.45, 2.75) is 20.4 Å². The van der Waals surface area contributed by atoms with Gasteiger partial charge in [-0.3, -0.25) is 4.79 Å². The van der Waals surface area contributed by atoms with Crippen LogP contribution in [-0.4, -0.2) is 23.3 Å². The summed E-state index contributed by atoms with van der Waals surface area (Å²) in [5.74, 6) is -0.573. The molecule has 0 saturated carbocycles. The normalized spacial score (nSPS) is 9.08. The Kier molecular flexibility index (Phi) is 15.8. The number of aryl methyl sites for hydroxylation is 1. The van der Waals surface area contributed by atoms with Gasteiger partial charge in [0.1, 0.15) is 5.56 Å². The zero-order valence-corrected chi connectivity index (χ0v) is 22.3. The minimum atomic E-state index is -2.33. The minimum Gasteiger partial charge on any atom is -0.652 e. The number of benzene rings is 1. The Balaban J connectivity index is 0. The number of halogens is 1. The van der Waals surface area contributed by atoms with Gasteiger partial charge in [-0.2, -0.15) is 0 Å². The van der Waals surface area contributed by atoms with E-state index in [2.05, 4.69) is 15.9 Å². The molecule has 0 N–H and O–H groups in total. The molecule has 0 aliphatic rings. The van der Waals surface area contributed by atoms with Crippen molar-refractivity contribution in [2.75, 3.05) is 6.61 Å². The van der Waals surface area contributed by atoms with Crippen LogP contribution in [0.2, 0.25) is 0 Å². The number of carboxylic acid groups (broad SMARTS) is 2. The third kappa shape index (κ3) is 8.64. The van der Waals surface area contributed by atoms with Gasteiger partial charge in [-0.05, 0) is 38.2 Å². The van der Waals surface area contributed by atoms with E-state index in [1.54, 1.807) is 19.2 Å². The zero-order chi connectivity index (χ0) is 17.6. The van der Waals surface area contributed by atoms with Crippen LogP contribution in [0.25, 0.3) is 10.9 Å². The molecule has 0 spiro atoms. The van der Waals surface area contributed by atoms with Gasteiger partial charge >= 0.3 is 109 Å². The van der Waals surface area contributed by atoms with E-state index in [0.29, 0.717) is 11.9 Å². The first-order valence-corrected chi connectivity index (χ1v) is 7.48. The van der Waals surface area contributed by atoms with E-state index in [-0.39, 0.29) is 120 Å². The van der Waals surface area contributed by atoms with Crippen LogP contribution in [0.15, 0.2) is 33.7 Å². The predicted molar refractivity (Wildman–Crippen MR) is 82.9 cm³/mol. The van der Waals surface area contributed by atoms with E-state index in [1.165, 1.54) is 0 Å². The molecule has 0 aliphatic carbocycles. The molecule has 0 saturated heterocycles. The molecular formula is C15H14BrK2NO6. The molecule has 0 aliphatic heterocycles. The van der Waals surface area contributed by atoms with Crippen molar-refractivity contribution in [3.63, 3.8) is 0 Å². The van der Waals surface area contributed by atoms with Gasteiger partial charge in [0.15, 0.2) is 0 Å². The quantitative estimate of drug-likeness (QED) is 0.333. The Hall–Kier alpha value is 0.923. The molecule has 124 valence electrons. The Morgan fingerprint density at radius 3 is 2.24 bits per heavy atom. The van der Waals surface area contributed by atoms with Crippen molar-refractivity contribution in [3.8, 4) is 0 Å². The summed E-state index contributed by atoms with van der Waals surface area (Å²) in [6, 6.07) is 5.46. The van der Waals surface area contributed by atoms with E-state index in [4.69, 9.17) is 19.7 Å². The van der Waals surface area contributed by atoms with Gasteiger partial charge in [0, 0.05) is 22.6 Å². The molecule has 0 fully saturated rings. The maximum atomic E-state index is 12.3. The predicted octanol–water partition coefficient (Wildman–Crippen LogP) is -5.48. The molecule has 2 aromatic rings. The maximum Gasteiger partial charge on any atom is 1.00 e. The van der Waals surface area contributed by atoms with Gasteiger partial charge < -0.3 is 24.3 Å². The number of nitrogens with zero attached hydrogens (tertiary/aromatic N) is 1. The largest absolute Gasteiger partial charge is 1.00 e. The van der Waals surface area contributed by atoms with Crippen molar-refractivity contribution in [2.24, 2.45) is 0 Å². The Morgan fingerprint density at radius 2 is 1.76 bits per heavy atom. The maximum absolute atomic E-state index is 12.3. The standard InChI is InChI=1S/C14H14BrNO3.CH2O3.2K/c1-3-16-8-11(14(18)19-4-2)13(17)10-7-9(15)5-6-12(10)16;2-1(3)4;;/h5-8H,3-4H2,1-2H3;(H2,2,3,4);;/q;;2*+1/p-2. The van der Waals surface area contributed by atoms with E-state index < -0.39 is 12.1 Å². The van der Waals surface area contributed by atoms with Crippen LogP contribution in [0.3, 0.4) is 0 Å². The van der Waals surface area contributed by atoms with Crippen LogP contribution < -0.4 is 118 Å². The van der Waals surface area contributed by atoms with Crippen LogP contribution >= 0.6 is 15.9 Å². The zero-order valence-electron chi connectivity index (χ0n) is 14.5. The second kappa shape index (κ2) is 14.0. The SMILES string of the molecule is CCOC(=O)c1cn(CC)c2ccc(Br)cc2c1=O.O=C([O-])[O-].[K+].[K+]. The fourth-order valence-electron chi connectivity index (χ4n) is 1.99. The van der Waals surface area contributed by atoms with Crippen LogP contribution in [0.5, 0.6) is 0 Å². The first-order valence-electron chi connectivity index (χ1n) is 6.69. The number of fused-ring (bicyclic) bond motifs is 1. The Bertz CT molecular complexity index is 789. The molecule has 0 bridgehead atoms. The van der Waals surface area contributed by atoms with Crippen LogP contribution in [0.1, 0.15) is 24.2 Å². The number of pyridine rings is 1. The number of hydrogen-bond acceptors (Lipinski definition) is 6. The van der Waals surface area contributed by atoms with Crippen molar-refractivity contribution in [1.29, 1.82) is 0 Å². The van der Waals surface area contributed by atoms with E-state index >= 15 is 0 Å². The summed E-state index contributed by atoms with van der Waals surface area (Å²) < 4.78 is 7.60.